The van der Waals surface area contributed by atoms with Gasteiger partial charge >= 0.3 is 5.97 Å². The number of benzene rings is 1. The summed E-state index contributed by atoms with van der Waals surface area (Å²) in [6.07, 6.45) is 13.3. The highest BCUT2D eigenvalue weighted by Gasteiger charge is 2.44. The molecule has 1 fully saturated rings. The molecule has 5 nitrogen and oxygen atoms in total. The summed E-state index contributed by atoms with van der Waals surface area (Å²) in [5, 5.41) is 9.92. The Hall–Kier alpha value is -1.70. The molecule has 3 rings (SSSR count). The van der Waals surface area contributed by atoms with Crippen LogP contribution in [0.25, 0.3) is 6.08 Å². The smallest absolute Gasteiger partial charge is 0.303 e. The first kappa shape index (κ1) is 22.0. The second-order valence-electron chi connectivity index (χ2n) is 7.65. The van der Waals surface area contributed by atoms with Gasteiger partial charge in [-0.25, -0.2) is 13.1 Å². The first-order valence-corrected chi connectivity index (χ1v) is 12.2. The van der Waals surface area contributed by atoms with Gasteiger partial charge in [-0.15, -0.1) is 0 Å². The Balaban J connectivity index is 1.59. The quantitative estimate of drug-likeness (QED) is 0.375. The number of unbranched alkanes of at least 4 members (excludes halogenated alkanes) is 1. The highest BCUT2D eigenvalue weighted by atomic mass is 79.9. The number of aliphatic carboxylic acids is 1. The molecule has 7 heteroatoms. The van der Waals surface area contributed by atoms with E-state index in [1.54, 1.807) is 6.08 Å². The fraction of sp³-hybridized carbons (Fsp3) is 0.409. The normalized spacial score (nSPS) is 26.1. The monoisotopic (exact) mass is 479 g/mol. The molecule has 0 spiro atoms. The van der Waals surface area contributed by atoms with E-state index in [9.17, 15) is 13.2 Å². The van der Waals surface area contributed by atoms with Crippen molar-refractivity contribution in [3.63, 3.8) is 0 Å². The van der Waals surface area contributed by atoms with Crippen LogP contribution in [0.5, 0.6) is 0 Å². The minimum absolute atomic E-state index is 0.106. The van der Waals surface area contributed by atoms with Crippen molar-refractivity contribution in [2.24, 2.45) is 17.8 Å². The zero-order valence-corrected chi connectivity index (χ0v) is 18.5. The predicted octanol–water partition coefficient (Wildman–Crippen LogP) is 4.73. The Bertz CT molecular complexity index is 922. The first-order chi connectivity index (χ1) is 13.8. The lowest BCUT2D eigenvalue weighted by Gasteiger charge is -2.27. The van der Waals surface area contributed by atoms with Crippen LogP contribution < -0.4 is 4.72 Å². The molecule has 4 atom stereocenters. The van der Waals surface area contributed by atoms with E-state index >= 15 is 0 Å². The molecule has 29 heavy (non-hydrogen) atoms. The number of halogens is 1. The van der Waals surface area contributed by atoms with E-state index in [1.165, 1.54) is 5.41 Å². The summed E-state index contributed by atoms with van der Waals surface area (Å²) < 4.78 is 29.1. The number of fused-ring (bicyclic) bond motifs is 2. The van der Waals surface area contributed by atoms with Gasteiger partial charge in [-0.05, 0) is 67.2 Å². The Morgan fingerprint density at radius 1 is 1.24 bits per heavy atom. The molecule has 0 saturated heterocycles. The van der Waals surface area contributed by atoms with Gasteiger partial charge in [0.15, 0.2) is 0 Å². The Kier molecular flexibility index (Phi) is 7.49. The lowest BCUT2D eigenvalue weighted by Crippen LogP contribution is -2.41. The first-order valence-electron chi connectivity index (χ1n) is 9.85. The maximum Gasteiger partial charge on any atom is 0.303 e. The molecule has 4 unspecified atom stereocenters. The molecule has 0 aliphatic heterocycles. The average molecular weight is 480 g/mol. The third-order valence-corrected chi connectivity index (χ3v) is 7.14. The highest BCUT2D eigenvalue weighted by molar-refractivity contribution is 9.10. The van der Waals surface area contributed by atoms with Crippen molar-refractivity contribution < 1.29 is 18.3 Å². The van der Waals surface area contributed by atoms with Crippen molar-refractivity contribution in [1.29, 1.82) is 0 Å². The zero-order chi connectivity index (χ0) is 20.9. The molecule has 2 bridgehead atoms. The van der Waals surface area contributed by atoms with Crippen LogP contribution in [-0.2, 0) is 14.8 Å². The summed E-state index contributed by atoms with van der Waals surface area (Å²) in [7, 11) is -3.55. The van der Waals surface area contributed by atoms with Crippen molar-refractivity contribution >= 4 is 38.0 Å². The maximum absolute atomic E-state index is 12.6. The molecule has 2 aliphatic carbocycles. The summed E-state index contributed by atoms with van der Waals surface area (Å²) in [5.41, 5.74) is 0.818. The van der Waals surface area contributed by atoms with Gasteiger partial charge in [0.2, 0.25) is 10.0 Å². The van der Waals surface area contributed by atoms with Gasteiger partial charge in [-0.2, -0.15) is 0 Å². The van der Waals surface area contributed by atoms with Crippen molar-refractivity contribution in [1.82, 2.24) is 4.72 Å². The van der Waals surface area contributed by atoms with Crippen LogP contribution in [0.2, 0.25) is 0 Å². The Morgan fingerprint density at radius 2 is 2.03 bits per heavy atom. The average Bonchev–Trinajstić information content (AvgIpc) is 3.25. The van der Waals surface area contributed by atoms with E-state index in [2.05, 4.69) is 38.9 Å². The lowest BCUT2D eigenvalue weighted by molar-refractivity contribution is -0.137. The SMILES string of the molecule is O=C(O)CCCC=CCC1C2C=CC(C2)C1NS(=O)(=O)C=Cc1cccc(Br)c1. The largest absolute Gasteiger partial charge is 0.481 e. The van der Waals surface area contributed by atoms with Gasteiger partial charge in [0, 0.05) is 22.3 Å². The van der Waals surface area contributed by atoms with E-state index in [1.807, 2.05) is 30.3 Å². The number of hydrogen-bond donors (Lipinski definition) is 2. The van der Waals surface area contributed by atoms with Gasteiger partial charge in [-0.1, -0.05) is 52.4 Å². The van der Waals surface area contributed by atoms with Crippen LogP contribution in [0, 0.1) is 17.8 Å². The minimum atomic E-state index is -3.55. The number of carboxylic acids is 1. The molecule has 1 saturated carbocycles. The molecule has 2 N–H and O–H groups in total. The summed E-state index contributed by atoms with van der Waals surface area (Å²) in [6, 6.07) is 7.37. The van der Waals surface area contributed by atoms with Gasteiger partial charge in [0.25, 0.3) is 0 Å². The van der Waals surface area contributed by atoms with Crippen molar-refractivity contribution in [2.75, 3.05) is 0 Å². The number of hydrogen-bond acceptors (Lipinski definition) is 3. The number of carboxylic acid groups (broad SMARTS) is 1. The number of carbonyl (C=O) groups is 1. The molecular formula is C22H26BrNO4S. The fourth-order valence-electron chi connectivity index (χ4n) is 4.17. The summed E-state index contributed by atoms with van der Waals surface area (Å²) in [4.78, 5) is 10.6. The van der Waals surface area contributed by atoms with E-state index in [4.69, 9.17) is 5.11 Å². The molecule has 0 aromatic heterocycles. The van der Waals surface area contributed by atoms with E-state index in [0.29, 0.717) is 12.3 Å². The highest BCUT2D eigenvalue weighted by Crippen LogP contribution is 2.45. The van der Waals surface area contributed by atoms with E-state index in [-0.39, 0.29) is 24.3 Å². The van der Waals surface area contributed by atoms with Crippen molar-refractivity contribution in [2.45, 2.75) is 38.1 Å². The van der Waals surface area contributed by atoms with E-state index < -0.39 is 16.0 Å². The molecule has 2 aliphatic rings. The Morgan fingerprint density at radius 3 is 2.79 bits per heavy atom. The zero-order valence-electron chi connectivity index (χ0n) is 16.1. The maximum atomic E-state index is 12.6. The third kappa shape index (κ3) is 6.39. The number of nitrogens with one attached hydrogen (secondary N) is 1. The molecular weight excluding hydrogens is 454 g/mol. The molecule has 0 amide bonds. The second kappa shape index (κ2) is 9.87. The molecule has 0 radical (unpaired) electrons. The van der Waals surface area contributed by atoms with Crippen LogP contribution in [0.15, 0.2) is 58.5 Å². The summed E-state index contributed by atoms with van der Waals surface area (Å²) >= 11 is 3.39. The summed E-state index contributed by atoms with van der Waals surface area (Å²) in [6.45, 7) is 0. The standard InChI is InChI=1S/C22H26BrNO4S/c23-19-7-5-6-16(14-19)12-13-29(27,28)24-22-18-11-10-17(15-18)20(22)8-3-1-2-4-9-21(25)26/h1,3,5-7,10-14,17-18,20,22,24H,2,4,8-9,15H2,(H,25,26). The number of rotatable bonds is 10. The van der Waals surface area contributed by atoms with Crippen molar-refractivity contribution in [3.8, 4) is 0 Å². The summed E-state index contributed by atoms with van der Waals surface area (Å²) in [5.74, 6) is 0.0849. The topological polar surface area (TPSA) is 83.5 Å². The molecule has 1 aromatic rings. The van der Waals surface area contributed by atoms with Gasteiger partial charge in [0.1, 0.15) is 0 Å². The molecule has 0 heterocycles. The van der Waals surface area contributed by atoms with Crippen LogP contribution in [0.4, 0.5) is 0 Å². The van der Waals surface area contributed by atoms with Gasteiger partial charge in [-0.3, -0.25) is 4.79 Å². The van der Waals surface area contributed by atoms with Crippen LogP contribution in [0.1, 0.15) is 37.7 Å². The minimum Gasteiger partial charge on any atom is -0.481 e. The van der Waals surface area contributed by atoms with Gasteiger partial charge in [0.05, 0.1) is 0 Å². The third-order valence-electron chi connectivity index (χ3n) is 5.55. The fourth-order valence-corrected chi connectivity index (χ4v) is 5.73. The van der Waals surface area contributed by atoms with Crippen LogP contribution in [0.3, 0.4) is 0 Å². The predicted molar refractivity (Wildman–Crippen MR) is 118 cm³/mol. The van der Waals surface area contributed by atoms with E-state index in [0.717, 1.165) is 29.3 Å². The van der Waals surface area contributed by atoms with Crippen LogP contribution in [-0.4, -0.2) is 25.5 Å². The van der Waals surface area contributed by atoms with Crippen molar-refractivity contribution in [3.05, 3.63) is 64.0 Å². The van der Waals surface area contributed by atoms with Gasteiger partial charge < -0.3 is 5.11 Å². The Labute approximate surface area is 180 Å². The molecule has 1 aromatic carbocycles. The second-order valence-corrected chi connectivity index (χ2v) is 10.2. The van der Waals surface area contributed by atoms with Crippen LogP contribution >= 0.6 is 15.9 Å². The number of allylic oxidation sites excluding steroid dienone is 3. The number of sulfonamides is 1. The lowest BCUT2D eigenvalue weighted by atomic mass is 9.86. The molecule has 156 valence electrons.